The van der Waals surface area contributed by atoms with Crippen molar-refractivity contribution in [1.82, 2.24) is 9.88 Å². The molecule has 0 spiro atoms. The fraction of sp³-hybridized carbons (Fsp3) is 0.412. The minimum absolute atomic E-state index is 0.212. The summed E-state index contributed by atoms with van der Waals surface area (Å²) in [6.45, 7) is 2.91. The Balaban J connectivity index is 1.60. The second-order valence-electron chi connectivity index (χ2n) is 6.15. The fourth-order valence-corrected chi connectivity index (χ4v) is 3.24. The number of benzene rings is 1. The summed E-state index contributed by atoms with van der Waals surface area (Å²) in [5, 5.41) is 4.69. The summed E-state index contributed by atoms with van der Waals surface area (Å²) in [6, 6.07) is 8.96. The smallest absolute Gasteiger partial charge is 0.225 e. The number of pyridine rings is 1. The molecular weight excluding hydrogens is 262 g/mol. The first-order valence-corrected chi connectivity index (χ1v) is 7.63. The first kappa shape index (κ1) is 12.6. The van der Waals surface area contributed by atoms with Crippen LogP contribution in [0.5, 0.6) is 0 Å². The van der Waals surface area contributed by atoms with Crippen LogP contribution in [0.4, 0.5) is 5.69 Å². The van der Waals surface area contributed by atoms with Gasteiger partial charge in [0, 0.05) is 36.3 Å². The number of hydrogen-bond acceptors (Lipinski definition) is 3. The standard InChI is InChI=1S/C17H19N3O/c1-11-3-2-4-14-15(7-8-18-17(11)14)19-12-9-16(21)20(10-12)13-5-6-13/h2-4,7-8,12-13H,5-6,9-10H2,1H3,(H,18,19). The average molecular weight is 281 g/mol. The number of aryl methyl sites for hydroxylation is 1. The molecule has 1 atom stereocenters. The van der Waals surface area contributed by atoms with E-state index < -0.39 is 0 Å². The molecule has 4 nitrogen and oxygen atoms in total. The number of para-hydroxylation sites is 1. The molecule has 1 aliphatic heterocycles. The van der Waals surface area contributed by atoms with E-state index in [1.54, 1.807) is 0 Å². The number of carbonyl (C=O) groups is 1. The molecule has 2 aliphatic rings. The van der Waals surface area contributed by atoms with Crippen LogP contribution in [-0.2, 0) is 4.79 Å². The van der Waals surface area contributed by atoms with Gasteiger partial charge in [0.2, 0.25) is 5.91 Å². The van der Waals surface area contributed by atoms with Crippen molar-refractivity contribution in [1.29, 1.82) is 0 Å². The average Bonchev–Trinajstić information content (AvgIpc) is 3.25. The Morgan fingerprint density at radius 1 is 1.29 bits per heavy atom. The van der Waals surface area contributed by atoms with Crippen molar-refractivity contribution >= 4 is 22.5 Å². The van der Waals surface area contributed by atoms with E-state index in [2.05, 4.69) is 35.4 Å². The highest BCUT2D eigenvalue weighted by atomic mass is 16.2. The molecule has 1 aromatic carbocycles. The Hall–Kier alpha value is -2.10. The van der Waals surface area contributed by atoms with Crippen molar-refractivity contribution in [2.75, 3.05) is 11.9 Å². The first-order chi connectivity index (χ1) is 10.2. The highest BCUT2D eigenvalue weighted by molar-refractivity contribution is 5.93. The fourth-order valence-electron chi connectivity index (χ4n) is 3.24. The number of rotatable bonds is 3. The molecule has 0 bridgehead atoms. The van der Waals surface area contributed by atoms with Gasteiger partial charge in [0.15, 0.2) is 0 Å². The van der Waals surface area contributed by atoms with Crippen molar-refractivity contribution < 1.29 is 4.79 Å². The predicted molar refractivity (Wildman–Crippen MR) is 83.2 cm³/mol. The molecule has 1 aromatic heterocycles. The highest BCUT2D eigenvalue weighted by Crippen LogP contribution is 2.32. The zero-order valence-corrected chi connectivity index (χ0v) is 12.2. The number of amides is 1. The Morgan fingerprint density at radius 3 is 2.95 bits per heavy atom. The summed E-state index contributed by atoms with van der Waals surface area (Å²) in [6.07, 6.45) is 4.80. The topological polar surface area (TPSA) is 45.2 Å². The summed E-state index contributed by atoms with van der Waals surface area (Å²) in [5.41, 5.74) is 3.29. The summed E-state index contributed by atoms with van der Waals surface area (Å²) < 4.78 is 0. The van der Waals surface area contributed by atoms with Crippen molar-refractivity contribution in [2.24, 2.45) is 0 Å². The molecule has 4 rings (SSSR count). The van der Waals surface area contributed by atoms with Crippen molar-refractivity contribution in [3.63, 3.8) is 0 Å². The molecule has 1 N–H and O–H groups in total. The summed E-state index contributed by atoms with van der Waals surface area (Å²) in [5.74, 6) is 0.296. The zero-order valence-electron chi connectivity index (χ0n) is 12.2. The van der Waals surface area contributed by atoms with Gasteiger partial charge in [-0.15, -0.1) is 0 Å². The normalized spacial score (nSPS) is 22.0. The molecule has 1 saturated carbocycles. The van der Waals surface area contributed by atoms with Crippen LogP contribution in [0.15, 0.2) is 30.5 Å². The number of carbonyl (C=O) groups excluding carboxylic acids is 1. The molecule has 2 fully saturated rings. The van der Waals surface area contributed by atoms with Gasteiger partial charge in [-0.05, 0) is 31.4 Å². The third-order valence-corrected chi connectivity index (χ3v) is 4.48. The van der Waals surface area contributed by atoms with Crippen molar-refractivity contribution in [3.05, 3.63) is 36.0 Å². The van der Waals surface area contributed by atoms with Crippen molar-refractivity contribution in [2.45, 2.75) is 38.3 Å². The summed E-state index contributed by atoms with van der Waals surface area (Å²) in [7, 11) is 0. The summed E-state index contributed by atoms with van der Waals surface area (Å²) >= 11 is 0. The zero-order chi connectivity index (χ0) is 14.4. The number of aromatic nitrogens is 1. The van der Waals surface area contributed by atoms with E-state index in [1.807, 2.05) is 17.2 Å². The second-order valence-corrected chi connectivity index (χ2v) is 6.15. The Bertz CT molecular complexity index is 708. The molecule has 1 saturated heterocycles. The van der Waals surface area contributed by atoms with Gasteiger partial charge < -0.3 is 10.2 Å². The van der Waals surface area contributed by atoms with Crippen molar-refractivity contribution in [3.8, 4) is 0 Å². The Morgan fingerprint density at radius 2 is 2.14 bits per heavy atom. The molecule has 108 valence electrons. The molecule has 2 aromatic rings. The van der Waals surface area contributed by atoms with Gasteiger partial charge in [0.25, 0.3) is 0 Å². The maximum atomic E-state index is 12.0. The lowest BCUT2D eigenvalue weighted by molar-refractivity contribution is -0.128. The molecule has 4 heteroatoms. The van der Waals surface area contributed by atoms with Gasteiger partial charge >= 0.3 is 0 Å². The Labute approximate surface area is 124 Å². The molecule has 1 aliphatic carbocycles. The van der Waals surface area contributed by atoms with Crippen LogP contribution < -0.4 is 5.32 Å². The third kappa shape index (κ3) is 2.24. The van der Waals surface area contributed by atoms with Gasteiger partial charge in [-0.1, -0.05) is 18.2 Å². The van der Waals surface area contributed by atoms with E-state index in [0.29, 0.717) is 18.4 Å². The molecule has 0 radical (unpaired) electrons. The van der Waals surface area contributed by atoms with Crippen LogP contribution in [0.25, 0.3) is 10.9 Å². The van der Waals surface area contributed by atoms with Gasteiger partial charge in [-0.2, -0.15) is 0 Å². The van der Waals surface area contributed by atoms with E-state index in [9.17, 15) is 4.79 Å². The number of nitrogens with zero attached hydrogens (tertiary/aromatic N) is 2. The van der Waals surface area contributed by atoms with Crippen LogP contribution in [0, 0.1) is 6.92 Å². The van der Waals surface area contributed by atoms with Crippen LogP contribution in [0.1, 0.15) is 24.8 Å². The number of likely N-dealkylation sites (tertiary alicyclic amines) is 1. The van der Waals surface area contributed by atoms with E-state index in [4.69, 9.17) is 0 Å². The summed E-state index contributed by atoms with van der Waals surface area (Å²) in [4.78, 5) is 18.6. The van der Waals surface area contributed by atoms with Gasteiger partial charge in [0.1, 0.15) is 0 Å². The van der Waals surface area contributed by atoms with Gasteiger partial charge in [-0.3, -0.25) is 9.78 Å². The van der Waals surface area contributed by atoms with E-state index in [1.165, 1.54) is 18.4 Å². The van der Waals surface area contributed by atoms with Gasteiger partial charge in [0.05, 0.1) is 11.6 Å². The number of nitrogens with one attached hydrogen (secondary N) is 1. The van der Waals surface area contributed by atoms with E-state index >= 15 is 0 Å². The van der Waals surface area contributed by atoms with Crippen LogP contribution >= 0.6 is 0 Å². The number of anilines is 1. The molecule has 21 heavy (non-hydrogen) atoms. The largest absolute Gasteiger partial charge is 0.379 e. The lowest BCUT2D eigenvalue weighted by Crippen LogP contribution is -2.29. The maximum absolute atomic E-state index is 12.0. The quantitative estimate of drug-likeness (QED) is 0.941. The van der Waals surface area contributed by atoms with Crippen LogP contribution in [0.2, 0.25) is 0 Å². The second kappa shape index (κ2) is 4.72. The molecular formula is C17H19N3O. The van der Waals surface area contributed by atoms with Gasteiger partial charge in [-0.25, -0.2) is 0 Å². The van der Waals surface area contributed by atoms with E-state index in [0.717, 1.165) is 23.1 Å². The van der Waals surface area contributed by atoms with E-state index in [-0.39, 0.29) is 6.04 Å². The number of hydrogen-bond donors (Lipinski definition) is 1. The van der Waals surface area contributed by atoms with Crippen LogP contribution in [0.3, 0.4) is 0 Å². The highest BCUT2D eigenvalue weighted by Gasteiger charge is 2.39. The SMILES string of the molecule is Cc1cccc2c(NC3CC(=O)N(C4CC4)C3)ccnc12. The molecule has 1 unspecified atom stereocenters. The Kier molecular flexibility index (Phi) is 2.84. The monoisotopic (exact) mass is 281 g/mol. The third-order valence-electron chi connectivity index (χ3n) is 4.48. The predicted octanol–water partition coefficient (Wildman–Crippen LogP) is 2.72. The number of fused-ring (bicyclic) bond motifs is 1. The minimum atomic E-state index is 0.212. The molecule has 1 amide bonds. The first-order valence-electron chi connectivity index (χ1n) is 7.63. The lowest BCUT2D eigenvalue weighted by atomic mass is 10.1. The maximum Gasteiger partial charge on any atom is 0.225 e. The minimum Gasteiger partial charge on any atom is -0.379 e. The lowest BCUT2D eigenvalue weighted by Gasteiger charge is -2.18. The van der Waals surface area contributed by atoms with Crippen LogP contribution in [-0.4, -0.2) is 34.4 Å². The molecule has 2 heterocycles.